The summed E-state index contributed by atoms with van der Waals surface area (Å²) in [5, 5.41) is 2.84. The minimum absolute atomic E-state index is 0.0724. The number of carbonyl (C=O) groups is 2. The molecular weight excluding hydrogens is 252 g/mol. The van der Waals surface area contributed by atoms with E-state index in [-0.39, 0.29) is 23.8 Å². The maximum absolute atomic E-state index is 11.9. The summed E-state index contributed by atoms with van der Waals surface area (Å²) in [7, 11) is 0. The molecular formula is C16H22N2O2. The van der Waals surface area contributed by atoms with Gasteiger partial charge in [0.05, 0.1) is 6.54 Å². The topological polar surface area (TPSA) is 49.4 Å². The molecule has 1 fully saturated rings. The average Bonchev–Trinajstić information content (AvgIpc) is 2.74. The fraction of sp³-hybridized carbons (Fsp3) is 0.500. The van der Waals surface area contributed by atoms with E-state index in [1.165, 1.54) is 5.56 Å². The summed E-state index contributed by atoms with van der Waals surface area (Å²) < 4.78 is 0. The molecule has 0 spiro atoms. The molecule has 2 amide bonds. The number of carbonyl (C=O) groups excluding carboxylic acids is 2. The minimum atomic E-state index is -0.135. The van der Waals surface area contributed by atoms with E-state index in [4.69, 9.17) is 0 Å². The quantitative estimate of drug-likeness (QED) is 0.921. The molecule has 0 radical (unpaired) electrons. The van der Waals surface area contributed by atoms with Crippen LogP contribution in [0.1, 0.15) is 39.2 Å². The van der Waals surface area contributed by atoms with Crippen molar-refractivity contribution in [3.8, 4) is 0 Å². The Kier molecular flexibility index (Phi) is 4.12. The SMILES string of the molecule is CC(C)(C)c1ccc(NC(=O)CN2CCCC2=O)cc1. The van der Waals surface area contributed by atoms with E-state index >= 15 is 0 Å². The smallest absolute Gasteiger partial charge is 0.243 e. The van der Waals surface area contributed by atoms with E-state index < -0.39 is 0 Å². The van der Waals surface area contributed by atoms with Crippen LogP contribution in [0.2, 0.25) is 0 Å². The Morgan fingerprint density at radius 1 is 1.25 bits per heavy atom. The van der Waals surface area contributed by atoms with Crippen molar-refractivity contribution in [2.45, 2.75) is 39.0 Å². The van der Waals surface area contributed by atoms with Gasteiger partial charge in [-0.2, -0.15) is 0 Å². The number of nitrogens with one attached hydrogen (secondary N) is 1. The molecule has 0 bridgehead atoms. The minimum Gasteiger partial charge on any atom is -0.333 e. The van der Waals surface area contributed by atoms with Crippen molar-refractivity contribution >= 4 is 17.5 Å². The fourth-order valence-corrected chi connectivity index (χ4v) is 2.30. The van der Waals surface area contributed by atoms with Gasteiger partial charge in [0.25, 0.3) is 0 Å². The van der Waals surface area contributed by atoms with Gasteiger partial charge >= 0.3 is 0 Å². The van der Waals surface area contributed by atoms with E-state index in [9.17, 15) is 9.59 Å². The van der Waals surface area contributed by atoms with Crippen LogP contribution in [-0.4, -0.2) is 29.8 Å². The summed E-state index contributed by atoms with van der Waals surface area (Å²) >= 11 is 0. The van der Waals surface area contributed by atoms with Crippen molar-refractivity contribution in [3.05, 3.63) is 29.8 Å². The van der Waals surface area contributed by atoms with Crippen molar-refractivity contribution in [2.75, 3.05) is 18.4 Å². The van der Waals surface area contributed by atoms with Crippen molar-refractivity contribution in [2.24, 2.45) is 0 Å². The maximum atomic E-state index is 11.9. The van der Waals surface area contributed by atoms with Gasteiger partial charge in [-0.25, -0.2) is 0 Å². The highest BCUT2D eigenvalue weighted by Gasteiger charge is 2.22. The van der Waals surface area contributed by atoms with Crippen LogP contribution in [0, 0.1) is 0 Å². The van der Waals surface area contributed by atoms with Crippen molar-refractivity contribution in [1.29, 1.82) is 0 Å². The van der Waals surface area contributed by atoms with Gasteiger partial charge in [0.15, 0.2) is 0 Å². The first kappa shape index (κ1) is 14.6. The molecule has 0 unspecified atom stereocenters. The Morgan fingerprint density at radius 3 is 2.40 bits per heavy atom. The number of rotatable bonds is 3. The lowest BCUT2D eigenvalue weighted by atomic mass is 9.87. The van der Waals surface area contributed by atoms with E-state index in [2.05, 4.69) is 26.1 Å². The number of amides is 2. The highest BCUT2D eigenvalue weighted by molar-refractivity contribution is 5.94. The molecule has 1 heterocycles. The van der Waals surface area contributed by atoms with Crippen LogP contribution < -0.4 is 5.32 Å². The predicted octanol–water partition coefficient (Wildman–Crippen LogP) is 2.55. The number of nitrogens with zero attached hydrogens (tertiary/aromatic N) is 1. The Morgan fingerprint density at radius 2 is 1.90 bits per heavy atom. The molecule has 20 heavy (non-hydrogen) atoms. The summed E-state index contributed by atoms with van der Waals surface area (Å²) in [5.41, 5.74) is 2.10. The van der Waals surface area contributed by atoms with Crippen LogP contribution in [0.3, 0.4) is 0 Å². The Labute approximate surface area is 120 Å². The number of benzene rings is 1. The second-order valence-corrected chi connectivity index (χ2v) is 6.29. The molecule has 0 atom stereocenters. The predicted molar refractivity (Wildman–Crippen MR) is 79.6 cm³/mol. The van der Waals surface area contributed by atoms with Gasteiger partial charge in [-0.1, -0.05) is 32.9 Å². The molecule has 1 aliphatic heterocycles. The summed E-state index contributed by atoms with van der Waals surface area (Å²) in [6.07, 6.45) is 1.42. The molecule has 2 rings (SSSR count). The van der Waals surface area contributed by atoms with E-state index in [0.717, 1.165) is 12.1 Å². The average molecular weight is 274 g/mol. The molecule has 0 aromatic heterocycles. The third-order valence-electron chi connectivity index (χ3n) is 3.54. The molecule has 0 aliphatic carbocycles. The van der Waals surface area contributed by atoms with E-state index in [0.29, 0.717) is 13.0 Å². The molecule has 1 aromatic carbocycles. The van der Waals surface area contributed by atoms with Gasteiger partial charge in [0, 0.05) is 18.7 Å². The van der Waals surface area contributed by atoms with Crippen LogP contribution in [0.25, 0.3) is 0 Å². The van der Waals surface area contributed by atoms with Crippen molar-refractivity contribution in [3.63, 3.8) is 0 Å². The second-order valence-electron chi connectivity index (χ2n) is 6.29. The number of likely N-dealkylation sites (tertiary alicyclic amines) is 1. The van der Waals surface area contributed by atoms with Gasteiger partial charge in [-0.15, -0.1) is 0 Å². The van der Waals surface area contributed by atoms with Crippen LogP contribution in [0.15, 0.2) is 24.3 Å². The molecule has 4 heteroatoms. The summed E-state index contributed by atoms with van der Waals surface area (Å²) in [6, 6.07) is 7.86. The largest absolute Gasteiger partial charge is 0.333 e. The molecule has 4 nitrogen and oxygen atoms in total. The lowest BCUT2D eigenvalue weighted by molar-refractivity contribution is -0.131. The number of hydrogen-bond donors (Lipinski definition) is 1. The Bertz CT molecular complexity index is 500. The van der Waals surface area contributed by atoms with Crippen LogP contribution >= 0.6 is 0 Å². The normalized spacial score (nSPS) is 15.6. The number of hydrogen-bond acceptors (Lipinski definition) is 2. The first-order valence-corrected chi connectivity index (χ1v) is 7.04. The van der Waals surface area contributed by atoms with Crippen LogP contribution in [0.5, 0.6) is 0 Å². The van der Waals surface area contributed by atoms with E-state index in [1.807, 2.05) is 24.3 Å². The van der Waals surface area contributed by atoms with Gasteiger partial charge < -0.3 is 10.2 Å². The second kappa shape index (κ2) is 5.65. The molecule has 1 saturated heterocycles. The molecule has 108 valence electrons. The fourth-order valence-electron chi connectivity index (χ4n) is 2.30. The van der Waals surface area contributed by atoms with Crippen LogP contribution in [-0.2, 0) is 15.0 Å². The van der Waals surface area contributed by atoms with Gasteiger partial charge in [0.1, 0.15) is 0 Å². The zero-order valence-electron chi connectivity index (χ0n) is 12.4. The summed E-state index contributed by atoms with van der Waals surface area (Å²) in [4.78, 5) is 25.0. The molecule has 1 aliphatic rings. The Hall–Kier alpha value is -1.84. The Balaban J connectivity index is 1.93. The summed E-state index contributed by atoms with van der Waals surface area (Å²) in [5.74, 6) is -0.0630. The number of anilines is 1. The molecule has 1 N–H and O–H groups in total. The third-order valence-corrected chi connectivity index (χ3v) is 3.54. The summed E-state index contributed by atoms with van der Waals surface area (Å²) in [6.45, 7) is 7.30. The third kappa shape index (κ3) is 3.59. The first-order chi connectivity index (χ1) is 9.36. The van der Waals surface area contributed by atoms with Crippen LogP contribution in [0.4, 0.5) is 5.69 Å². The van der Waals surface area contributed by atoms with Crippen molar-refractivity contribution < 1.29 is 9.59 Å². The lowest BCUT2D eigenvalue weighted by Gasteiger charge is -2.19. The van der Waals surface area contributed by atoms with Crippen molar-refractivity contribution in [1.82, 2.24) is 4.90 Å². The zero-order valence-corrected chi connectivity index (χ0v) is 12.4. The highest BCUT2D eigenvalue weighted by atomic mass is 16.2. The standard InChI is InChI=1S/C16H22N2O2/c1-16(2,3)12-6-8-13(9-7-12)17-14(19)11-18-10-4-5-15(18)20/h6-9H,4-5,10-11H2,1-3H3,(H,17,19). The highest BCUT2D eigenvalue weighted by Crippen LogP contribution is 2.23. The first-order valence-electron chi connectivity index (χ1n) is 7.04. The van der Waals surface area contributed by atoms with Gasteiger partial charge in [-0.3, -0.25) is 9.59 Å². The van der Waals surface area contributed by atoms with Gasteiger partial charge in [0.2, 0.25) is 11.8 Å². The monoisotopic (exact) mass is 274 g/mol. The van der Waals surface area contributed by atoms with E-state index in [1.54, 1.807) is 4.90 Å². The lowest BCUT2D eigenvalue weighted by Crippen LogP contribution is -2.33. The maximum Gasteiger partial charge on any atom is 0.243 e. The zero-order chi connectivity index (χ0) is 14.8. The molecule has 0 saturated carbocycles. The molecule has 1 aromatic rings. The van der Waals surface area contributed by atoms with Gasteiger partial charge in [-0.05, 0) is 29.5 Å².